The van der Waals surface area contributed by atoms with Gasteiger partial charge in [-0.05, 0) is 109 Å². The number of aliphatic hydroxyl groups is 1. The molecule has 2 heterocycles. The molecular weight excluding hydrogens is 644 g/mol. The fourth-order valence-electron chi connectivity index (χ4n) is 7.93. The van der Waals surface area contributed by atoms with Gasteiger partial charge in [0.1, 0.15) is 11.2 Å². The zero-order valence-corrected chi connectivity index (χ0v) is 25.7. The molecular formula is C31H36ClFIN3O3. The topological polar surface area (TPSA) is 90.5 Å². The van der Waals surface area contributed by atoms with Crippen molar-refractivity contribution in [2.75, 3.05) is 5.32 Å². The lowest BCUT2D eigenvalue weighted by molar-refractivity contribution is -0.125. The van der Waals surface area contributed by atoms with Gasteiger partial charge in [-0.15, -0.1) is 0 Å². The molecule has 40 heavy (non-hydrogen) atoms. The van der Waals surface area contributed by atoms with Gasteiger partial charge in [0, 0.05) is 31.8 Å². The van der Waals surface area contributed by atoms with Crippen molar-refractivity contribution in [2.24, 2.45) is 5.41 Å². The van der Waals surface area contributed by atoms with Crippen molar-refractivity contribution in [1.82, 2.24) is 10.6 Å². The van der Waals surface area contributed by atoms with E-state index in [1.807, 2.05) is 28.7 Å². The first-order valence-corrected chi connectivity index (χ1v) is 15.7. The number of fused-ring (bicyclic) bond motifs is 3. The molecule has 2 saturated carbocycles. The molecule has 4 N–H and O–H groups in total. The number of aliphatic hydroxyl groups excluding tert-OH is 1. The molecule has 2 amide bonds. The Morgan fingerprint density at radius 1 is 1.10 bits per heavy atom. The zero-order chi connectivity index (χ0) is 28.4. The number of amides is 2. The first-order chi connectivity index (χ1) is 19.0. The lowest BCUT2D eigenvalue weighted by atomic mass is 9.53. The van der Waals surface area contributed by atoms with Crippen molar-refractivity contribution >= 4 is 51.7 Å². The molecule has 2 aliphatic carbocycles. The quantitative estimate of drug-likeness (QED) is 0.310. The minimum absolute atomic E-state index is 0.0691. The van der Waals surface area contributed by atoms with Crippen LogP contribution in [0, 0.1) is 14.8 Å². The van der Waals surface area contributed by atoms with E-state index in [1.165, 1.54) is 0 Å². The predicted molar refractivity (Wildman–Crippen MR) is 162 cm³/mol. The van der Waals surface area contributed by atoms with Crippen molar-refractivity contribution in [3.63, 3.8) is 0 Å². The van der Waals surface area contributed by atoms with Crippen LogP contribution < -0.4 is 16.0 Å². The van der Waals surface area contributed by atoms with Gasteiger partial charge in [0.15, 0.2) is 0 Å². The second-order valence-electron chi connectivity index (χ2n) is 13.0. The molecule has 3 atom stereocenters. The number of hydrogen-bond donors (Lipinski definition) is 4. The van der Waals surface area contributed by atoms with Crippen LogP contribution in [0.25, 0.3) is 0 Å². The summed E-state index contributed by atoms with van der Waals surface area (Å²) in [6, 6.07) is 9.77. The number of anilines is 1. The summed E-state index contributed by atoms with van der Waals surface area (Å²) >= 11 is 8.35. The maximum atomic E-state index is 16.1. The van der Waals surface area contributed by atoms with Crippen LogP contribution in [-0.4, -0.2) is 40.6 Å². The average molecular weight is 680 g/mol. The zero-order valence-electron chi connectivity index (χ0n) is 22.8. The van der Waals surface area contributed by atoms with Crippen LogP contribution in [0.4, 0.5) is 10.1 Å². The summed E-state index contributed by atoms with van der Waals surface area (Å²) in [4.78, 5) is 28.7. The molecule has 2 aromatic rings. The molecule has 0 aromatic heterocycles. The van der Waals surface area contributed by atoms with E-state index in [4.69, 9.17) is 11.6 Å². The molecule has 2 aromatic carbocycles. The summed E-state index contributed by atoms with van der Waals surface area (Å²) in [7, 11) is 0. The Morgan fingerprint density at radius 2 is 1.80 bits per heavy atom. The number of hydrogen-bond acceptors (Lipinski definition) is 4. The maximum absolute atomic E-state index is 16.1. The van der Waals surface area contributed by atoms with Gasteiger partial charge in [-0.2, -0.15) is 0 Å². The van der Waals surface area contributed by atoms with Gasteiger partial charge in [-0.25, -0.2) is 4.39 Å². The SMILES string of the molecule is CC1(C)CCC2(CC1)N[C@@H](C(=O)NC1CCC(O)CC1)[C@H](c1cccc(I)c1F)[C@]21C(=O)Nc2cc(Cl)ccc21. The number of carbonyl (C=O) groups excluding carboxylic acids is 2. The normalized spacial score (nSPS) is 32.2. The Labute approximate surface area is 253 Å². The van der Waals surface area contributed by atoms with Crippen LogP contribution in [0.2, 0.25) is 5.02 Å². The second-order valence-corrected chi connectivity index (χ2v) is 14.6. The number of benzene rings is 2. The molecule has 4 aliphatic rings. The highest BCUT2D eigenvalue weighted by atomic mass is 127. The number of carbonyl (C=O) groups is 2. The predicted octanol–water partition coefficient (Wildman–Crippen LogP) is 5.79. The summed E-state index contributed by atoms with van der Waals surface area (Å²) in [6.45, 7) is 4.48. The minimum atomic E-state index is -1.21. The number of nitrogens with one attached hydrogen (secondary N) is 3. The fourth-order valence-corrected chi connectivity index (χ4v) is 8.62. The average Bonchev–Trinajstić information content (AvgIpc) is 3.37. The van der Waals surface area contributed by atoms with Crippen LogP contribution in [0.5, 0.6) is 0 Å². The van der Waals surface area contributed by atoms with E-state index in [9.17, 15) is 14.7 Å². The van der Waals surface area contributed by atoms with E-state index in [0.29, 0.717) is 58.4 Å². The van der Waals surface area contributed by atoms with E-state index in [0.717, 1.165) is 18.4 Å². The van der Waals surface area contributed by atoms with Crippen LogP contribution in [-0.2, 0) is 15.0 Å². The minimum Gasteiger partial charge on any atom is -0.393 e. The van der Waals surface area contributed by atoms with Gasteiger partial charge < -0.3 is 15.7 Å². The summed E-state index contributed by atoms with van der Waals surface area (Å²) in [5.74, 6) is -1.60. The van der Waals surface area contributed by atoms with Crippen molar-refractivity contribution < 1.29 is 19.1 Å². The summed E-state index contributed by atoms with van der Waals surface area (Å²) in [6.07, 6.45) is 5.40. The van der Waals surface area contributed by atoms with Crippen LogP contribution >= 0.6 is 34.2 Å². The Morgan fingerprint density at radius 3 is 2.50 bits per heavy atom. The highest BCUT2D eigenvalue weighted by Crippen LogP contribution is 2.64. The number of rotatable bonds is 3. The maximum Gasteiger partial charge on any atom is 0.238 e. The van der Waals surface area contributed by atoms with Crippen LogP contribution in [0.15, 0.2) is 36.4 Å². The molecule has 214 valence electrons. The Balaban J connectivity index is 1.54. The van der Waals surface area contributed by atoms with E-state index in [-0.39, 0.29) is 29.4 Å². The molecule has 0 bridgehead atoms. The smallest absolute Gasteiger partial charge is 0.238 e. The second kappa shape index (κ2) is 10.2. The van der Waals surface area contributed by atoms with Gasteiger partial charge >= 0.3 is 0 Å². The van der Waals surface area contributed by atoms with Crippen LogP contribution in [0.1, 0.15) is 82.3 Å². The molecule has 9 heteroatoms. The number of halogens is 3. The lowest BCUT2D eigenvalue weighted by Gasteiger charge is -2.50. The summed E-state index contributed by atoms with van der Waals surface area (Å²) in [5.41, 5.74) is -0.0967. The Hall–Kier alpha value is -1.75. The van der Waals surface area contributed by atoms with E-state index in [1.54, 1.807) is 30.3 Å². The summed E-state index contributed by atoms with van der Waals surface area (Å²) in [5, 5.41) is 20.5. The highest BCUT2D eigenvalue weighted by molar-refractivity contribution is 14.1. The molecule has 0 unspecified atom stereocenters. The van der Waals surface area contributed by atoms with Crippen LogP contribution in [0.3, 0.4) is 0 Å². The Kier molecular flexibility index (Phi) is 7.24. The standard InChI is InChI=1S/C31H36ClFIN3O3/c1-29(2)12-14-30(15-13-29)31(21-11-6-17(32)16-23(21)36-28(31)40)24(20-4-3-5-22(34)25(20)33)26(37-30)27(39)35-18-7-9-19(38)10-8-18/h3-6,11,16,18-19,24,26,37-38H,7-10,12-15H2,1-2H3,(H,35,39)(H,36,40)/t18?,19?,24-,26+,31+/m0/s1. The molecule has 6 nitrogen and oxygen atoms in total. The molecule has 3 fully saturated rings. The van der Waals surface area contributed by atoms with Gasteiger partial charge in [-0.1, -0.05) is 43.6 Å². The first-order valence-electron chi connectivity index (χ1n) is 14.3. The molecule has 2 aliphatic heterocycles. The summed E-state index contributed by atoms with van der Waals surface area (Å²) < 4.78 is 16.6. The van der Waals surface area contributed by atoms with E-state index < -0.39 is 28.7 Å². The third kappa shape index (κ3) is 4.39. The van der Waals surface area contributed by atoms with Crippen molar-refractivity contribution in [3.05, 3.63) is 61.9 Å². The third-order valence-electron chi connectivity index (χ3n) is 10.1. The first kappa shape index (κ1) is 28.4. The van der Waals surface area contributed by atoms with Gasteiger partial charge in [0.2, 0.25) is 11.8 Å². The van der Waals surface area contributed by atoms with Crippen molar-refractivity contribution in [1.29, 1.82) is 0 Å². The molecule has 6 rings (SSSR count). The van der Waals surface area contributed by atoms with Crippen molar-refractivity contribution in [2.45, 2.75) is 100 Å². The largest absolute Gasteiger partial charge is 0.393 e. The van der Waals surface area contributed by atoms with Gasteiger partial charge in [0.25, 0.3) is 0 Å². The van der Waals surface area contributed by atoms with E-state index >= 15 is 4.39 Å². The monoisotopic (exact) mass is 679 g/mol. The third-order valence-corrected chi connectivity index (χ3v) is 11.2. The molecule has 1 saturated heterocycles. The highest BCUT2D eigenvalue weighted by Gasteiger charge is 2.73. The van der Waals surface area contributed by atoms with Gasteiger partial charge in [0.05, 0.1) is 12.1 Å². The van der Waals surface area contributed by atoms with E-state index in [2.05, 4.69) is 29.8 Å². The Bertz CT molecular complexity index is 1350. The van der Waals surface area contributed by atoms with Crippen molar-refractivity contribution in [3.8, 4) is 0 Å². The van der Waals surface area contributed by atoms with Gasteiger partial charge in [-0.3, -0.25) is 14.9 Å². The molecule has 2 spiro atoms. The lowest BCUT2D eigenvalue weighted by Crippen LogP contribution is -2.61. The molecule has 0 radical (unpaired) electrons. The fraction of sp³-hybridized carbons (Fsp3) is 0.548.